The van der Waals surface area contributed by atoms with Gasteiger partial charge in [-0.1, -0.05) is 6.92 Å². The summed E-state index contributed by atoms with van der Waals surface area (Å²) in [6, 6.07) is 11.7. The Kier molecular flexibility index (Phi) is 7.34. The highest BCUT2D eigenvalue weighted by Gasteiger charge is 2.17. The highest BCUT2D eigenvalue weighted by molar-refractivity contribution is 7.15. The summed E-state index contributed by atoms with van der Waals surface area (Å²) < 4.78 is 11.5. The van der Waals surface area contributed by atoms with Crippen LogP contribution >= 0.6 is 11.3 Å². The van der Waals surface area contributed by atoms with E-state index in [1.165, 1.54) is 4.88 Å². The van der Waals surface area contributed by atoms with Crippen molar-refractivity contribution in [1.29, 1.82) is 0 Å². The van der Waals surface area contributed by atoms with Crippen LogP contribution in [-0.2, 0) is 13.0 Å². The van der Waals surface area contributed by atoms with E-state index in [-0.39, 0.29) is 0 Å². The molecule has 1 aromatic heterocycles. The van der Waals surface area contributed by atoms with E-state index in [4.69, 9.17) is 14.5 Å². The van der Waals surface area contributed by atoms with Gasteiger partial charge in [0, 0.05) is 22.5 Å². The molecule has 0 aliphatic heterocycles. The molecule has 30 heavy (non-hydrogen) atoms. The highest BCUT2D eigenvalue weighted by atomic mass is 32.1. The molecule has 1 N–H and O–H groups in total. The largest absolute Gasteiger partial charge is 0.508 e. The van der Waals surface area contributed by atoms with Gasteiger partial charge in [0.25, 0.3) is 0 Å². The minimum Gasteiger partial charge on any atom is -0.508 e. The number of rotatable bonds is 9. The van der Waals surface area contributed by atoms with Gasteiger partial charge < -0.3 is 19.5 Å². The zero-order valence-corrected chi connectivity index (χ0v) is 19.2. The fraction of sp³-hybridized carbons (Fsp3) is 0.375. The zero-order chi connectivity index (χ0) is 21.7. The third-order valence-corrected chi connectivity index (χ3v) is 5.77. The lowest BCUT2D eigenvalue weighted by Gasteiger charge is -2.11. The molecule has 0 spiro atoms. The van der Waals surface area contributed by atoms with E-state index in [0.29, 0.717) is 19.0 Å². The molecule has 0 aliphatic rings. The molecule has 6 heteroatoms. The minimum absolute atomic E-state index is 0.332. The van der Waals surface area contributed by atoms with Crippen molar-refractivity contribution < 1.29 is 14.6 Å². The Balaban J connectivity index is 2.08. The Morgan fingerprint density at radius 1 is 0.933 bits per heavy atom. The van der Waals surface area contributed by atoms with Crippen LogP contribution in [0.15, 0.2) is 36.4 Å². The molecular weight excluding hydrogens is 396 g/mol. The Bertz CT molecular complexity index is 998. The first-order chi connectivity index (χ1) is 14.5. The fourth-order valence-corrected chi connectivity index (χ4v) is 4.49. The molecule has 0 saturated carbocycles. The van der Waals surface area contributed by atoms with Crippen molar-refractivity contribution in [3.8, 4) is 39.1 Å². The monoisotopic (exact) mass is 426 g/mol. The van der Waals surface area contributed by atoms with E-state index in [1.807, 2.05) is 51.1 Å². The number of phenols is 1. The molecule has 3 aromatic rings. The minimum atomic E-state index is 0.332. The lowest BCUT2D eigenvalue weighted by Crippen LogP contribution is -2.10. The molecule has 1 heterocycles. The van der Waals surface area contributed by atoms with Gasteiger partial charge in [-0.3, -0.25) is 0 Å². The van der Waals surface area contributed by atoms with Crippen LogP contribution in [0.5, 0.6) is 17.2 Å². The molecule has 0 atom stereocenters. The van der Waals surface area contributed by atoms with Crippen LogP contribution in [0.2, 0.25) is 0 Å². The number of hydrogen-bond donors (Lipinski definition) is 1. The molecule has 0 amide bonds. The standard InChI is InChI=1S/C24H30N2O3S/c1-6-16-13-17(9-11-19(16)27)23-22(15-26(4)5)30-24(25-23)18-10-12-20(28-7-2)21(14-18)29-8-3/h9-14,27H,6-8,15H2,1-5H3. The van der Waals surface area contributed by atoms with E-state index in [0.717, 1.165) is 51.9 Å². The van der Waals surface area contributed by atoms with Gasteiger partial charge in [-0.25, -0.2) is 4.98 Å². The van der Waals surface area contributed by atoms with Gasteiger partial charge in [0.1, 0.15) is 10.8 Å². The Morgan fingerprint density at radius 2 is 1.63 bits per heavy atom. The molecule has 0 saturated heterocycles. The van der Waals surface area contributed by atoms with Crippen LogP contribution in [-0.4, -0.2) is 42.3 Å². The lowest BCUT2D eigenvalue weighted by molar-refractivity contribution is 0.288. The quantitative estimate of drug-likeness (QED) is 0.482. The second-order valence-corrected chi connectivity index (χ2v) is 8.34. The zero-order valence-electron chi connectivity index (χ0n) is 18.4. The smallest absolute Gasteiger partial charge is 0.161 e. The van der Waals surface area contributed by atoms with Gasteiger partial charge in [-0.15, -0.1) is 11.3 Å². The van der Waals surface area contributed by atoms with Crippen LogP contribution in [0.1, 0.15) is 31.2 Å². The van der Waals surface area contributed by atoms with Crippen molar-refractivity contribution in [2.45, 2.75) is 33.7 Å². The molecule has 3 rings (SSSR count). The predicted molar refractivity (Wildman–Crippen MR) is 124 cm³/mol. The fourth-order valence-electron chi connectivity index (χ4n) is 3.30. The molecule has 5 nitrogen and oxygen atoms in total. The van der Waals surface area contributed by atoms with E-state index < -0.39 is 0 Å². The third kappa shape index (κ3) is 4.94. The van der Waals surface area contributed by atoms with Gasteiger partial charge in [-0.05, 0) is 76.3 Å². The summed E-state index contributed by atoms with van der Waals surface area (Å²) in [7, 11) is 4.11. The third-order valence-electron chi connectivity index (χ3n) is 4.68. The van der Waals surface area contributed by atoms with Crippen molar-refractivity contribution >= 4 is 11.3 Å². The Labute approximate surface area is 182 Å². The second-order valence-electron chi connectivity index (χ2n) is 7.25. The summed E-state index contributed by atoms with van der Waals surface area (Å²) in [5.41, 5.74) is 3.93. The van der Waals surface area contributed by atoms with Gasteiger partial charge in [0.2, 0.25) is 0 Å². The number of benzene rings is 2. The number of aryl methyl sites for hydroxylation is 1. The SMILES string of the molecule is CCOc1ccc(-c2nc(-c3ccc(O)c(CC)c3)c(CN(C)C)s2)cc1OCC. The van der Waals surface area contributed by atoms with Crippen molar-refractivity contribution in [2.75, 3.05) is 27.3 Å². The highest BCUT2D eigenvalue weighted by Crippen LogP contribution is 2.39. The van der Waals surface area contributed by atoms with Crippen LogP contribution in [0.4, 0.5) is 0 Å². The molecule has 0 aliphatic carbocycles. The average Bonchev–Trinajstić information content (AvgIpc) is 3.13. The van der Waals surface area contributed by atoms with E-state index in [1.54, 1.807) is 17.4 Å². The summed E-state index contributed by atoms with van der Waals surface area (Å²) in [6.07, 6.45) is 0.774. The first-order valence-electron chi connectivity index (χ1n) is 10.3. The number of hydrogen-bond acceptors (Lipinski definition) is 6. The average molecular weight is 427 g/mol. The predicted octanol–water partition coefficient (Wildman–Crippen LogP) is 5.60. The van der Waals surface area contributed by atoms with Crippen LogP contribution in [0.25, 0.3) is 21.8 Å². The summed E-state index contributed by atoms with van der Waals surface area (Å²) in [5.74, 6) is 1.82. The summed E-state index contributed by atoms with van der Waals surface area (Å²) in [5, 5.41) is 11.0. The number of aromatic hydroxyl groups is 1. The van der Waals surface area contributed by atoms with Crippen molar-refractivity contribution in [3.63, 3.8) is 0 Å². The molecule has 2 aromatic carbocycles. The molecule has 160 valence electrons. The molecule has 0 radical (unpaired) electrons. The topological polar surface area (TPSA) is 54.8 Å². The number of phenolic OH excluding ortho intramolecular Hbond substituents is 1. The maximum Gasteiger partial charge on any atom is 0.161 e. The van der Waals surface area contributed by atoms with Crippen LogP contribution < -0.4 is 9.47 Å². The number of thiazole rings is 1. The Morgan fingerprint density at radius 3 is 2.30 bits per heavy atom. The molecule has 0 bridgehead atoms. The number of aromatic nitrogens is 1. The van der Waals surface area contributed by atoms with Gasteiger partial charge in [0.05, 0.1) is 18.9 Å². The number of nitrogens with zero attached hydrogens (tertiary/aromatic N) is 2. The van der Waals surface area contributed by atoms with E-state index >= 15 is 0 Å². The first kappa shape index (κ1) is 22.1. The summed E-state index contributed by atoms with van der Waals surface area (Å²) >= 11 is 1.69. The van der Waals surface area contributed by atoms with Crippen molar-refractivity contribution in [2.24, 2.45) is 0 Å². The maximum absolute atomic E-state index is 10.1. The van der Waals surface area contributed by atoms with E-state index in [2.05, 4.69) is 19.0 Å². The molecule has 0 fully saturated rings. The Hall–Kier alpha value is -2.57. The van der Waals surface area contributed by atoms with Gasteiger partial charge in [-0.2, -0.15) is 0 Å². The van der Waals surface area contributed by atoms with Gasteiger partial charge >= 0.3 is 0 Å². The molecular formula is C24H30N2O3S. The normalized spacial score (nSPS) is 11.1. The van der Waals surface area contributed by atoms with Gasteiger partial charge in [0.15, 0.2) is 11.5 Å². The first-order valence-corrected chi connectivity index (χ1v) is 11.1. The maximum atomic E-state index is 10.1. The van der Waals surface area contributed by atoms with E-state index in [9.17, 15) is 5.11 Å². The van der Waals surface area contributed by atoms with Crippen LogP contribution in [0.3, 0.4) is 0 Å². The van der Waals surface area contributed by atoms with Crippen LogP contribution in [0, 0.1) is 0 Å². The lowest BCUT2D eigenvalue weighted by atomic mass is 10.0. The van der Waals surface area contributed by atoms with Crippen molar-refractivity contribution in [3.05, 3.63) is 46.8 Å². The number of ether oxygens (including phenoxy) is 2. The summed E-state index contributed by atoms with van der Waals surface area (Å²) in [6.45, 7) is 7.94. The summed E-state index contributed by atoms with van der Waals surface area (Å²) in [4.78, 5) is 8.33. The van der Waals surface area contributed by atoms with Crippen molar-refractivity contribution in [1.82, 2.24) is 9.88 Å². The second kappa shape index (κ2) is 9.96. The molecule has 0 unspecified atom stereocenters.